The maximum atomic E-state index is 4.47. The van der Waals surface area contributed by atoms with E-state index in [0.717, 1.165) is 22.8 Å². The van der Waals surface area contributed by atoms with Crippen molar-refractivity contribution in [3.8, 4) is 0 Å². The molecule has 0 saturated heterocycles. The van der Waals surface area contributed by atoms with Gasteiger partial charge in [-0.3, -0.25) is 9.97 Å². The van der Waals surface area contributed by atoms with Crippen LogP contribution in [-0.4, -0.2) is 30.4 Å². The third-order valence-electron chi connectivity index (χ3n) is 3.28. The monoisotopic (exact) mass is 380 g/mol. The van der Waals surface area contributed by atoms with Gasteiger partial charge in [-0.25, -0.2) is 0 Å². The van der Waals surface area contributed by atoms with Crippen LogP contribution < -0.4 is 10.6 Å². The average molecular weight is 380 g/mol. The van der Waals surface area contributed by atoms with E-state index in [4.69, 9.17) is 0 Å². The Morgan fingerprint density at radius 3 is 1.54 bits per heavy atom. The number of aromatic nitrogens is 6. The van der Waals surface area contributed by atoms with Crippen molar-refractivity contribution in [2.75, 3.05) is 10.6 Å². The second-order valence-electron chi connectivity index (χ2n) is 4.92. The van der Waals surface area contributed by atoms with Crippen molar-refractivity contribution in [2.24, 2.45) is 0 Å². The number of hydrogen-bond acceptors (Lipinski definition) is 10. The Morgan fingerprint density at radius 1 is 0.692 bits per heavy atom. The molecule has 0 amide bonds. The fraction of sp³-hybridized carbons (Fsp3) is 0. The minimum absolute atomic E-state index is 0.651. The third kappa shape index (κ3) is 3.71. The second kappa shape index (κ2) is 7.76. The smallest absolute Gasteiger partial charge is 0.209 e. The van der Waals surface area contributed by atoms with Gasteiger partial charge in [0.05, 0.1) is 22.8 Å². The summed E-state index contributed by atoms with van der Waals surface area (Å²) >= 11 is 2.80. The summed E-state index contributed by atoms with van der Waals surface area (Å²) in [6.45, 7) is 0. The van der Waals surface area contributed by atoms with Gasteiger partial charge in [-0.2, -0.15) is 0 Å². The minimum atomic E-state index is 0.651. The molecule has 0 bridgehead atoms. The van der Waals surface area contributed by atoms with Crippen LogP contribution in [0.25, 0.3) is 11.4 Å². The highest BCUT2D eigenvalue weighted by atomic mass is 32.1. The van der Waals surface area contributed by atoms with Crippen LogP contribution in [-0.2, 0) is 0 Å². The molecule has 8 nitrogen and oxygen atoms in total. The van der Waals surface area contributed by atoms with Crippen molar-refractivity contribution in [1.29, 1.82) is 0 Å². The molecule has 4 rings (SSSR count). The Hall–Kier alpha value is -3.24. The molecule has 0 aliphatic carbocycles. The molecule has 0 radical (unpaired) electrons. The average Bonchev–Trinajstić information content (AvgIpc) is 3.40. The molecule has 0 saturated carbocycles. The van der Waals surface area contributed by atoms with Crippen LogP contribution in [0.4, 0.5) is 10.3 Å². The SMILES string of the molecule is c1ccc(/C(Nc2nncs2)=C(\Nc2nncs2)c2ccccn2)nc1. The van der Waals surface area contributed by atoms with Gasteiger partial charge in [0.1, 0.15) is 11.0 Å². The summed E-state index contributed by atoms with van der Waals surface area (Å²) in [5.41, 5.74) is 6.24. The van der Waals surface area contributed by atoms with E-state index in [2.05, 4.69) is 41.0 Å². The molecular weight excluding hydrogens is 368 g/mol. The molecule has 4 aromatic heterocycles. The van der Waals surface area contributed by atoms with Crippen molar-refractivity contribution in [1.82, 2.24) is 30.4 Å². The number of anilines is 2. The molecule has 0 spiro atoms. The molecular formula is C16H12N8S2. The summed E-state index contributed by atoms with van der Waals surface area (Å²) in [4.78, 5) is 8.94. The van der Waals surface area contributed by atoms with E-state index < -0.39 is 0 Å². The zero-order chi connectivity index (χ0) is 17.6. The standard InChI is InChI=1S/C16H12N8S2/c1-3-7-17-11(5-1)13(21-15-23-19-9-25-15)14(12-6-2-4-8-18-12)22-16-24-20-10-26-16/h1-10H,(H,21,23)(H,22,24)/b14-13+. The van der Waals surface area contributed by atoms with Crippen LogP contribution in [0.5, 0.6) is 0 Å². The lowest BCUT2D eigenvalue weighted by Crippen LogP contribution is -2.11. The zero-order valence-electron chi connectivity index (χ0n) is 13.3. The highest BCUT2D eigenvalue weighted by Crippen LogP contribution is 2.28. The van der Waals surface area contributed by atoms with E-state index in [1.807, 2.05) is 36.4 Å². The largest absolute Gasteiger partial charge is 0.327 e. The van der Waals surface area contributed by atoms with Gasteiger partial charge in [0.2, 0.25) is 10.3 Å². The molecule has 0 aliphatic heterocycles. The summed E-state index contributed by atoms with van der Waals surface area (Å²) in [6, 6.07) is 11.4. The fourth-order valence-electron chi connectivity index (χ4n) is 2.20. The minimum Gasteiger partial charge on any atom is -0.327 e. The molecule has 0 unspecified atom stereocenters. The van der Waals surface area contributed by atoms with E-state index in [0.29, 0.717) is 10.3 Å². The first-order valence-electron chi connectivity index (χ1n) is 7.53. The molecule has 128 valence electrons. The van der Waals surface area contributed by atoms with Gasteiger partial charge in [0, 0.05) is 12.4 Å². The lowest BCUT2D eigenvalue weighted by Gasteiger charge is -2.15. The van der Waals surface area contributed by atoms with Crippen LogP contribution in [0.1, 0.15) is 11.4 Å². The first-order valence-corrected chi connectivity index (χ1v) is 9.29. The maximum Gasteiger partial charge on any atom is 0.209 e. The van der Waals surface area contributed by atoms with Gasteiger partial charge in [-0.1, -0.05) is 34.8 Å². The molecule has 0 aliphatic rings. The Balaban J connectivity index is 1.88. The van der Waals surface area contributed by atoms with Crippen LogP contribution >= 0.6 is 22.7 Å². The predicted molar refractivity (Wildman–Crippen MR) is 102 cm³/mol. The van der Waals surface area contributed by atoms with Gasteiger partial charge in [-0.15, -0.1) is 20.4 Å². The summed E-state index contributed by atoms with van der Waals surface area (Å²) in [5, 5.41) is 23.8. The fourth-order valence-corrected chi connectivity index (χ4v) is 3.10. The van der Waals surface area contributed by atoms with Crippen molar-refractivity contribution in [2.45, 2.75) is 0 Å². The molecule has 0 aromatic carbocycles. The summed E-state index contributed by atoms with van der Waals surface area (Å²) < 4.78 is 0. The Morgan fingerprint density at radius 2 is 1.19 bits per heavy atom. The highest BCUT2D eigenvalue weighted by molar-refractivity contribution is 7.13. The van der Waals surface area contributed by atoms with Crippen LogP contribution in [0.3, 0.4) is 0 Å². The quantitative estimate of drug-likeness (QED) is 0.526. The predicted octanol–water partition coefficient (Wildman–Crippen LogP) is 3.23. The number of rotatable bonds is 6. The summed E-state index contributed by atoms with van der Waals surface area (Å²) in [7, 11) is 0. The molecule has 10 heteroatoms. The number of pyridine rings is 2. The molecule has 4 heterocycles. The lowest BCUT2D eigenvalue weighted by atomic mass is 10.1. The number of nitrogens with one attached hydrogen (secondary N) is 2. The zero-order valence-corrected chi connectivity index (χ0v) is 14.9. The van der Waals surface area contributed by atoms with E-state index in [1.165, 1.54) is 22.7 Å². The van der Waals surface area contributed by atoms with Crippen molar-refractivity contribution in [3.05, 3.63) is 71.2 Å². The van der Waals surface area contributed by atoms with Gasteiger partial charge >= 0.3 is 0 Å². The molecule has 26 heavy (non-hydrogen) atoms. The third-order valence-corrected chi connectivity index (χ3v) is 4.49. The van der Waals surface area contributed by atoms with Gasteiger partial charge in [0.15, 0.2) is 0 Å². The first kappa shape index (κ1) is 16.2. The van der Waals surface area contributed by atoms with Gasteiger partial charge in [-0.05, 0) is 24.3 Å². The molecule has 0 atom stereocenters. The van der Waals surface area contributed by atoms with E-state index in [-0.39, 0.29) is 0 Å². The van der Waals surface area contributed by atoms with E-state index in [1.54, 1.807) is 23.4 Å². The number of nitrogens with zero attached hydrogens (tertiary/aromatic N) is 6. The van der Waals surface area contributed by atoms with Crippen molar-refractivity contribution < 1.29 is 0 Å². The Kier molecular flexibility index (Phi) is 4.85. The second-order valence-corrected chi connectivity index (χ2v) is 6.58. The van der Waals surface area contributed by atoms with E-state index in [9.17, 15) is 0 Å². The van der Waals surface area contributed by atoms with Crippen LogP contribution in [0.15, 0.2) is 59.8 Å². The van der Waals surface area contributed by atoms with Crippen LogP contribution in [0.2, 0.25) is 0 Å². The maximum absolute atomic E-state index is 4.47. The number of hydrogen-bond donors (Lipinski definition) is 2. The van der Waals surface area contributed by atoms with Gasteiger partial charge < -0.3 is 10.6 Å². The Labute approximate surface area is 156 Å². The van der Waals surface area contributed by atoms with E-state index >= 15 is 0 Å². The molecule has 4 aromatic rings. The summed E-state index contributed by atoms with van der Waals surface area (Å²) in [5.74, 6) is 0. The first-order chi connectivity index (χ1) is 12.9. The van der Waals surface area contributed by atoms with Gasteiger partial charge in [0.25, 0.3) is 0 Å². The normalized spacial score (nSPS) is 11.7. The molecule has 2 N–H and O–H groups in total. The molecule has 0 fully saturated rings. The highest BCUT2D eigenvalue weighted by Gasteiger charge is 2.17. The van der Waals surface area contributed by atoms with Crippen molar-refractivity contribution in [3.63, 3.8) is 0 Å². The topological polar surface area (TPSA) is 101 Å². The Bertz CT molecular complexity index is 888. The van der Waals surface area contributed by atoms with Crippen molar-refractivity contribution >= 4 is 44.3 Å². The summed E-state index contributed by atoms with van der Waals surface area (Å²) in [6.07, 6.45) is 3.47. The lowest BCUT2D eigenvalue weighted by molar-refractivity contribution is 1.09. The van der Waals surface area contributed by atoms with Crippen LogP contribution in [0, 0.1) is 0 Å².